The van der Waals surface area contributed by atoms with Crippen LogP contribution < -0.4 is 10.5 Å². The van der Waals surface area contributed by atoms with E-state index in [2.05, 4.69) is 6.92 Å². The minimum Gasteiger partial charge on any atom is -0.452 e. The Kier molecular flexibility index (Phi) is 5.70. The van der Waals surface area contributed by atoms with Gasteiger partial charge in [-0.2, -0.15) is 0 Å². The number of ether oxygens (including phenoxy) is 1. The molecule has 1 aliphatic rings. The van der Waals surface area contributed by atoms with E-state index in [9.17, 15) is 14.4 Å². The Morgan fingerprint density at radius 3 is 2.78 bits per heavy atom. The fourth-order valence-corrected chi connectivity index (χ4v) is 4.20. The third kappa shape index (κ3) is 4.24. The molecule has 142 valence electrons. The maximum Gasteiger partial charge on any atom is 0.342 e. The third-order valence-corrected chi connectivity index (χ3v) is 5.65. The summed E-state index contributed by atoms with van der Waals surface area (Å²) < 4.78 is 10.2. The Balaban J connectivity index is 1.75. The molecule has 6 nitrogen and oxygen atoms in total. The number of benzene rings is 1. The van der Waals surface area contributed by atoms with Gasteiger partial charge in [0.1, 0.15) is 11.3 Å². The van der Waals surface area contributed by atoms with Crippen molar-refractivity contribution in [2.24, 2.45) is 0 Å². The third-order valence-electron chi connectivity index (χ3n) is 4.41. The van der Waals surface area contributed by atoms with Gasteiger partial charge in [0.05, 0.1) is 5.69 Å². The molecule has 0 aliphatic carbocycles. The van der Waals surface area contributed by atoms with Crippen molar-refractivity contribution in [3.63, 3.8) is 0 Å². The molecule has 1 aromatic carbocycles. The Labute approximate surface area is 161 Å². The van der Waals surface area contributed by atoms with Gasteiger partial charge < -0.3 is 14.1 Å². The fraction of sp³-hybridized carbons (Fsp3) is 0.350. The van der Waals surface area contributed by atoms with Crippen LogP contribution in [-0.4, -0.2) is 30.3 Å². The molecule has 0 saturated carbocycles. The molecule has 0 saturated heterocycles. The standard InChI is InChI=1S/C20H21NO5S/c1-12-10-18(23)26-14(3)19(12)20(24)25-11-17(22)21-9-8-13(2)27-16-7-5-4-6-15(16)21/h4-7,10,13H,8-9,11H2,1-3H3/t13-/m0/s1. The molecule has 0 fully saturated rings. The molecule has 3 rings (SSSR count). The average molecular weight is 387 g/mol. The van der Waals surface area contributed by atoms with E-state index in [1.54, 1.807) is 23.6 Å². The van der Waals surface area contributed by atoms with Crippen LogP contribution >= 0.6 is 11.8 Å². The lowest BCUT2D eigenvalue weighted by Crippen LogP contribution is -2.36. The Bertz CT molecular complexity index is 910. The van der Waals surface area contributed by atoms with Gasteiger partial charge >= 0.3 is 11.6 Å². The zero-order valence-electron chi connectivity index (χ0n) is 15.5. The zero-order chi connectivity index (χ0) is 19.6. The Morgan fingerprint density at radius 1 is 1.30 bits per heavy atom. The summed E-state index contributed by atoms with van der Waals surface area (Å²) in [6.07, 6.45) is 0.848. The lowest BCUT2D eigenvalue weighted by Gasteiger charge is -2.22. The Hall–Kier alpha value is -2.54. The van der Waals surface area contributed by atoms with Crippen molar-refractivity contribution >= 4 is 29.3 Å². The van der Waals surface area contributed by atoms with Gasteiger partial charge in [-0.15, -0.1) is 11.8 Å². The van der Waals surface area contributed by atoms with Crippen LogP contribution in [0.1, 0.15) is 35.0 Å². The highest BCUT2D eigenvalue weighted by Crippen LogP contribution is 2.37. The van der Waals surface area contributed by atoms with Gasteiger partial charge in [0.2, 0.25) is 0 Å². The smallest absolute Gasteiger partial charge is 0.342 e. The molecule has 2 heterocycles. The molecule has 0 radical (unpaired) electrons. The molecule has 1 aliphatic heterocycles. The molecule has 0 spiro atoms. The lowest BCUT2D eigenvalue weighted by molar-refractivity contribution is -0.121. The summed E-state index contributed by atoms with van der Waals surface area (Å²) >= 11 is 1.74. The number of fused-ring (bicyclic) bond motifs is 1. The van der Waals surface area contributed by atoms with E-state index < -0.39 is 11.6 Å². The molecule has 0 N–H and O–H groups in total. The molecule has 2 aromatic rings. The summed E-state index contributed by atoms with van der Waals surface area (Å²) in [6, 6.07) is 8.96. The molecule has 0 bridgehead atoms. The second-order valence-electron chi connectivity index (χ2n) is 6.49. The maximum atomic E-state index is 12.7. The highest BCUT2D eigenvalue weighted by Gasteiger charge is 2.25. The van der Waals surface area contributed by atoms with E-state index in [1.807, 2.05) is 24.3 Å². The van der Waals surface area contributed by atoms with Crippen LogP contribution in [0.25, 0.3) is 0 Å². The number of carbonyl (C=O) groups is 2. The van der Waals surface area contributed by atoms with Crippen LogP contribution in [0, 0.1) is 13.8 Å². The number of anilines is 1. The van der Waals surface area contributed by atoms with Gasteiger partial charge in [-0.3, -0.25) is 4.79 Å². The molecular weight excluding hydrogens is 366 g/mol. The predicted molar refractivity (Wildman–Crippen MR) is 103 cm³/mol. The number of carbonyl (C=O) groups excluding carboxylic acids is 2. The number of amides is 1. The number of rotatable bonds is 3. The Morgan fingerprint density at radius 2 is 2.04 bits per heavy atom. The first-order chi connectivity index (χ1) is 12.9. The fourth-order valence-electron chi connectivity index (χ4n) is 3.09. The van der Waals surface area contributed by atoms with Crippen LogP contribution in [0.3, 0.4) is 0 Å². The first kappa shape index (κ1) is 19.2. The molecule has 27 heavy (non-hydrogen) atoms. The maximum absolute atomic E-state index is 12.7. The first-order valence-electron chi connectivity index (χ1n) is 8.71. The number of thioether (sulfide) groups is 1. The summed E-state index contributed by atoms with van der Waals surface area (Å²) in [5.74, 6) is -0.770. The van der Waals surface area contributed by atoms with Gasteiger partial charge in [-0.25, -0.2) is 9.59 Å². The number of hydrogen-bond donors (Lipinski definition) is 0. The highest BCUT2D eigenvalue weighted by atomic mass is 32.2. The van der Waals surface area contributed by atoms with Crippen molar-refractivity contribution in [2.75, 3.05) is 18.1 Å². The molecule has 7 heteroatoms. The van der Waals surface area contributed by atoms with Gasteiger partial charge in [0.15, 0.2) is 6.61 Å². The van der Waals surface area contributed by atoms with Crippen LogP contribution in [0.2, 0.25) is 0 Å². The van der Waals surface area contributed by atoms with E-state index in [0.717, 1.165) is 17.0 Å². The largest absolute Gasteiger partial charge is 0.452 e. The quantitative estimate of drug-likeness (QED) is 0.752. The second kappa shape index (κ2) is 8.00. The monoisotopic (exact) mass is 387 g/mol. The van der Waals surface area contributed by atoms with Crippen molar-refractivity contribution in [2.45, 2.75) is 37.3 Å². The normalized spacial score (nSPS) is 16.4. The molecule has 1 atom stereocenters. The summed E-state index contributed by atoms with van der Waals surface area (Å²) in [4.78, 5) is 39.2. The number of para-hydroxylation sites is 1. The van der Waals surface area contributed by atoms with Crippen LogP contribution in [-0.2, 0) is 9.53 Å². The SMILES string of the molecule is Cc1cc(=O)oc(C)c1C(=O)OCC(=O)N1CC[C@H](C)Sc2ccccc21. The van der Waals surface area contributed by atoms with E-state index in [-0.39, 0.29) is 23.8 Å². The predicted octanol–water partition coefficient (Wildman–Crippen LogP) is 3.33. The topological polar surface area (TPSA) is 76.8 Å². The summed E-state index contributed by atoms with van der Waals surface area (Å²) in [5, 5.41) is 0.393. The first-order valence-corrected chi connectivity index (χ1v) is 9.59. The number of hydrogen-bond acceptors (Lipinski definition) is 6. The van der Waals surface area contributed by atoms with E-state index in [4.69, 9.17) is 9.15 Å². The van der Waals surface area contributed by atoms with Gasteiger partial charge in [-0.05, 0) is 38.0 Å². The molecule has 0 unspecified atom stereocenters. The van der Waals surface area contributed by atoms with Gasteiger partial charge in [0.25, 0.3) is 5.91 Å². The van der Waals surface area contributed by atoms with Crippen molar-refractivity contribution in [1.82, 2.24) is 0 Å². The van der Waals surface area contributed by atoms with Crippen LogP contribution in [0.15, 0.2) is 44.4 Å². The van der Waals surface area contributed by atoms with E-state index >= 15 is 0 Å². The van der Waals surface area contributed by atoms with Crippen molar-refractivity contribution in [3.8, 4) is 0 Å². The second-order valence-corrected chi connectivity index (χ2v) is 7.97. The minimum absolute atomic E-state index is 0.183. The van der Waals surface area contributed by atoms with Crippen molar-refractivity contribution < 1.29 is 18.7 Å². The van der Waals surface area contributed by atoms with Gasteiger partial charge in [0, 0.05) is 22.8 Å². The molecule has 1 amide bonds. The van der Waals surface area contributed by atoms with Crippen molar-refractivity contribution in [3.05, 3.63) is 57.6 Å². The minimum atomic E-state index is -0.673. The molecule has 1 aromatic heterocycles. The lowest BCUT2D eigenvalue weighted by atomic mass is 10.1. The van der Waals surface area contributed by atoms with E-state index in [1.165, 1.54) is 13.0 Å². The van der Waals surface area contributed by atoms with Crippen LogP contribution in [0.4, 0.5) is 5.69 Å². The number of aryl methyl sites for hydroxylation is 2. The van der Waals surface area contributed by atoms with E-state index in [0.29, 0.717) is 17.4 Å². The summed E-state index contributed by atoms with van der Waals surface area (Å²) in [5.41, 5.74) is 0.964. The number of esters is 1. The average Bonchev–Trinajstić information content (AvgIpc) is 2.77. The summed E-state index contributed by atoms with van der Waals surface area (Å²) in [7, 11) is 0. The van der Waals surface area contributed by atoms with Crippen LogP contribution in [0.5, 0.6) is 0 Å². The molecular formula is C20H21NO5S. The summed E-state index contributed by atoms with van der Waals surface area (Å²) in [6.45, 7) is 5.48. The highest BCUT2D eigenvalue weighted by molar-refractivity contribution is 8.00. The zero-order valence-corrected chi connectivity index (χ0v) is 16.3. The number of nitrogens with zero attached hydrogens (tertiary/aromatic N) is 1. The van der Waals surface area contributed by atoms with Crippen molar-refractivity contribution in [1.29, 1.82) is 0 Å². The van der Waals surface area contributed by atoms with Gasteiger partial charge in [-0.1, -0.05) is 19.1 Å².